The molecule has 106 valence electrons. The molecule has 0 saturated carbocycles. The summed E-state index contributed by atoms with van der Waals surface area (Å²) in [5.41, 5.74) is 7.49. The van der Waals surface area contributed by atoms with E-state index in [1.54, 1.807) is 0 Å². The van der Waals surface area contributed by atoms with Crippen LogP contribution in [0, 0.1) is 0 Å². The highest BCUT2D eigenvalue weighted by molar-refractivity contribution is 5.23. The molecule has 1 aromatic rings. The molecule has 1 heterocycles. The van der Waals surface area contributed by atoms with Crippen LogP contribution in [0.15, 0.2) is 30.3 Å². The Morgan fingerprint density at radius 3 is 2.63 bits per heavy atom. The van der Waals surface area contributed by atoms with Crippen molar-refractivity contribution in [3.63, 3.8) is 0 Å². The summed E-state index contributed by atoms with van der Waals surface area (Å²) in [5.74, 6) is 0. The van der Waals surface area contributed by atoms with Crippen LogP contribution in [-0.2, 0) is 5.54 Å². The Bertz CT molecular complexity index is 386. The number of hydrogen-bond acceptors (Lipinski definition) is 3. The Morgan fingerprint density at radius 2 is 2.00 bits per heavy atom. The molecule has 1 aromatic carbocycles. The van der Waals surface area contributed by atoms with Crippen molar-refractivity contribution in [2.24, 2.45) is 5.73 Å². The zero-order valence-corrected chi connectivity index (χ0v) is 12.5. The summed E-state index contributed by atoms with van der Waals surface area (Å²) >= 11 is 0. The minimum absolute atomic E-state index is 0.268. The highest BCUT2D eigenvalue weighted by atomic mass is 15.2. The molecule has 3 heteroatoms. The van der Waals surface area contributed by atoms with E-state index in [4.69, 9.17) is 5.73 Å². The Hall–Kier alpha value is -0.900. The van der Waals surface area contributed by atoms with Crippen molar-refractivity contribution < 1.29 is 0 Å². The van der Waals surface area contributed by atoms with E-state index in [0.29, 0.717) is 6.04 Å². The Balaban J connectivity index is 2.00. The van der Waals surface area contributed by atoms with Gasteiger partial charge in [-0.1, -0.05) is 30.3 Å². The highest BCUT2D eigenvalue weighted by Gasteiger charge is 2.28. The maximum absolute atomic E-state index is 6.54. The van der Waals surface area contributed by atoms with Crippen LogP contribution in [0.4, 0.5) is 0 Å². The third kappa shape index (κ3) is 3.78. The molecule has 1 aliphatic rings. The maximum atomic E-state index is 6.54. The van der Waals surface area contributed by atoms with Gasteiger partial charge in [0.15, 0.2) is 0 Å². The van der Waals surface area contributed by atoms with Crippen LogP contribution in [0.3, 0.4) is 0 Å². The fraction of sp³-hybridized carbons (Fsp3) is 0.625. The molecule has 2 N–H and O–H groups in total. The molecule has 2 unspecified atom stereocenters. The lowest BCUT2D eigenvalue weighted by molar-refractivity contribution is 0.113. The second kappa shape index (κ2) is 6.04. The fourth-order valence-corrected chi connectivity index (χ4v) is 2.97. The Labute approximate surface area is 117 Å². The average Bonchev–Trinajstić information content (AvgIpc) is 2.39. The lowest BCUT2D eigenvalue weighted by Crippen LogP contribution is -2.52. The molecule has 3 nitrogen and oxygen atoms in total. The molecule has 0 aromatic heterocycles. The molecule has 1 fully saturated rings. The van der Waals surface area contributed by atoms with Crippen molar-refractivity contribution in [3.8, 4) is 0 Å². The van der Waals surface area contributed by atoms with E-state index in [9.17, 15) is 0 Å². The molecular weight excluding hydrogens is 234 g/mol. The van der Waals surface area contributed by atoms with Crippen LogP contribution in [0.1, 0.15) is 25.3 Å². The number of hydrogen-bond donors (Lipinski definition) is 1. The number of likely N-dealkylation sites (N-methyl/N-ethyl adjacent to an activating group) is 1. The minimum atomic E-state index is -0.268. The van der Waals surface area contributed by atoms with Crippen molar-refractivity contribution in [1.82, 2.24) is 9.80 Å². The smallest absolute Gasteiger partial charge is 0.0509 e. The molecule has 0 radical (unpaired) electrons. The first-order chi connectivity index (χ1) is 8.99. The molecule has 0 spiro atoms. The van der Waals surface area contributed by atoms with E-state index < -0.39 is 0 Å². The Kier molecular flexibility index (Phi) is 4.61. The number of piperidine rings is 1. The van der Waals surface area contributed by atoms with E-state index in [0.717, 1.165) is 13.1 Å². The minimum Gasteiger partial charge on any atom is -0.321 e. The topological polar surface area (TPSA) is 32.5 Å². The van der Waals surface area contributed by atoms with Crippen molar-refractivity contribution in [1.29, 1.82) is 0 Å². The van der Waals surface area contributed by atoms with Gasteiger partial charge in [-0.25, -0.2) is 0 Å². The summed E-state index contributed by atoms with van der Waals surface area (Å²) in [6.45, 7) is 5.37. The normalized spacial score (nSPS) is 24.4. The summed E-state index contributed by atoms with van der Waals surface area (Å²) in [6, 6.07) is 11.1. The summed E-state index contributed by atoms with van der Waals surface area (Å²) in [6.07, 6.45) is 2.57. The second-order valence-electron chi connectivity index (χ2n) is 6.28. The van der Waals surface area contributed by atoms with Gasteiger partial charge in [0.1, 0.15) is 0 Å². The first kappa shape index (κ1) is 14.5. The summed E-state index contributed by atoms with van der Waals surface area (Å²) in [4.78, 5) is 4.85. The van der Waals surface area contributed by atoms with Gasteiger partial charge in [0, 0.05) is 19.1 Å². The van der Waals surface area contributed by atoms with Crippen LogP contribution in [-0.4, -0.2) is 49.6 Å². The lowest BCUT2D eigenvalue weighted by atomic mass is 9.91. The van der Waals surface area contributed by atoms with E-state index in [1.807, 2.05) is 6.07 Å². The predicted molar refractivity (Wildman–Crippen MR) is 81.1 cm³/mol. The number of nitrogens with zero attached hydrogens (tertiary/aromatic N) is 2. The number of rotatable bonds is 4. The van der Waals surface area contributed by atoms with Gasteiger partial charge >= 0.3 is 0 Å². The molecule has 1 aliphatic heterocycles. The highest BCUT2D eigenvalue weighted by Crippen LogP contribution is 2.22. The fourth-order valence-electron chi connectivity index (χ4n) is 2.97. The van der Waals surface area contributed by atoms with Gasteiger partial charge in [-0.15, -0.1) is 0 Å². The number of likely N-dealkylation sites (tertiary alicyclic amines) is 1. The quantitative estimate of drug-likeness (QED) is 0.898. The zero-order chi connectivity index (χ0) is 13.9. The molecule has 19 heavy (non-hydrogen) atoms. The third-order valence-corrected chi connectivity index (χ3v) is 4.20. The standard InChI is InChI=1S/C16H27N3/c1-16(17,14-8-5-4-6-9-14)13-19-11-7-10-15(12-19)18(2)3/h4-6,8-9,15H,7,10-13,17H2,1-3H3. The van der Waals surface area contributed by atoms with Crippen LogP contribution in [0.25, 0.3) is 0 Å². The predicted octanol–water partition coefficient (Wildman–Crippen LogP) is 1.89. The summed E-state index contributed by atoms with van der Waals surface area (Å²) < 4.78 is 0. The van der Waals surface area contributed by atoms with Gasteiger partial charge < -0.3 is 10.6 Å². The first-order valence-corrected chi connectivity index (χ1v) is 7.22. The van der Waals surface area contributed by atoms with Crippen LogP contribution in [0.2, 0.25) is 0 Å². The van der Waals surface area contributed by atoms with Gasteiger partial charge in [0.2, 0.25) is 0 Å². The van der Waals surface area contributed by atoms with Crippen LogP contribution >= 0.6 is 0 Å². The third-order valence-electron chi connectivity index (χ3n) is 4.20. The summed E-state index contributed by atoms with van der Waals surface area (Å²) in [7, 11) is 4.35. The average molecular weight is 261 g/mol. The van der Waals surface area contributed by atoms with Crippen molar-refractivity contribution in [2.45, 2.75) is 31.3 Å². The molecule has 0 bridgehead atoms. The number of benzene rings is 1. The van der Waals surface area contributed by atoms with E-state index in [1.165, 1.54) is 24.9 Å². The first-order valence-electron chi connectivity index (χ1n) is 7.22. The maximum Gasteiger partial charge on any atom is 0.0509 e. The summed E-state index contributed by atoms with van der Waals surface area (Å²) in [5, 5.41) is 0. The van der Waals surface area contributed by atoms with Crippen molar-refractivity contribution in [2.75, 3.05) is 33.7 Å². The van der Waals surface area contributed by atoms with E-state index in [2.05, 4.69) is 55.1 Å². The van der Waals surface area contributed by atoms with E-state index >= 15 is 0 Å². The van der Waals surface area contributed by atoms with Crippen LogP contribution < -0.4 is 5.73 Å². The zero-order valence-electron chi connectivity index (χ0n) is 12.5. The molecule has 2 atom stereocenters. The number of nitrogens with two attached hydrogens (primary N) is 1. The van der Waals surface area contributed by atoms with Gasteiger partial charge in [0.05, 0.1) is 5.54 Å². The largest absolute Gasteiger partial charge is 0.321 e. The van der Waals surface area contributed by atoms with Gasteiger partial charge in [-0.2, -0.15) is 0 Å². The Morgan fingerprint density at radius 1 is 1.32 bits per heavy atom. The molecular formula is C16H27N3. The van der Waals surface area contributed by atoms with Crippen LogP contribution in [0.5, 0.6) is 0 Å². The van der Waals surface area contributed by atoms with Gasteiger partial charge in [-0.05, 0) is 46.0 Å². The molecule has 0 amide bonds. The SMILES string of the molecule is CN(C)C1CCCN(CC(C)(N)c2ccccc2)C1. The molecule has 2 rings (SSSR count). The molecule has 1 saturated heterocycles. The lowest BCUT2D eigenvalue weighted by Gasteiger charge is -2.40. The van der Waals surface area contributed by atoms with Crippen molar-refractivity contribution in [3.05, 3.63) is 35.9 Å². The monoisotopic (exact) mass is 261 g/mol. The second-order valence-corrected chi connectivity index (χ2v) is 6.28. The molecule has 0 aliphatic carbocycles. The van der Waals surface area contributed by atoms with Crippen molar-refractivity contribution >= 4 is 0 Å². The van der Waals surface area contributed by atoms with Gasteiger partial charge in [0.25, 0.3) is 0 Å². The van der Waals surface area contributed by atoms with Gasteiger partial charge in [-0.3, -0.25) is 4.90 Å². The van der Waals surface area contributed by atoms with E-state index in [-0.39, 0.29) is 5.54 Å².